The van der Waals surface area contributed by atoms with Gasteiger partial charge in [0.2, 0.25) is 0 Å². The van der Waals surface area contributed by atoms with E-state index in [2.05, 4.69) is 14.2 Å². The molecular formula is C10H15ClF4O3. The Morgan fingerprint density at radius 1 is 1.00 bits per heavy atom. The van der Waals surface area contributed by atoms with Crippen LogP contribution in [0.2, 0.25) is 0 Å². The van der Waals surface area contributed by atoms with Crippen LogP contribution < -0.4 is 0 Å². The van der Waals surface area contributed by atoms with E-state index in [4.69, 9.17) is 11.6 Å². The summed E-state index contributed by atoms with van der Waals surface area (Å²) in [6.45, 7) is 3.11. The van der Waals surface area contributed by atoms with Crippen LogP contribution in [0.25, 0.3) is 0 Å². The summed E-state index contributed by atoms with van der Waals surface area (Å²) in [6, 6.07) is -1.57. The Bertz CT molecular complexity index is 285. The number of alkyl halides is 3. The highest BCUT2D eigenvalue weighted by Gasteiger charge is 2.62. The molecule has 8 heteroatoms. The first-order chi connectivity index (χ1) is 8.26. The summed E-state index contributed by atoms with van der Waals surface area (Å²) < 4.78 is 65.7. The molecule has 0 unspecified atom stereocenters. The highest BCUT2D eigenvalue weighted by molar-refractivity contribution is 6.30. The zero-order valence-corrected chi connectivity index (χ0v) is 11.0. The van der Waals surface area contributed by atoms with Crippen molar-refractivity contribution >= 4 is 11.6 Å². The molecule has 0 aromatic rings. The first-order valence-electron chi connectivity index (χ1n) is 5.29. The van der Waals surface area contributed by atoms with Crippen LogP contribution in [0, 0.1) is 0 Å². The fourth-order valence-electron chi connectivity index (χ4n) is 1.18. The minimum absolute atomic E-state index is 0.172. The summed E-state index contributed by atoms with van der Waals surface area (Å²) in [5, 5.41) is -1.31. The molecule has 0 aliphatic rings. The van der Waals surface area contributed by atoms with Gasteiger partial charge in [0.25, 0.3) is 6.01 Å². The van der Waals surface area contributed by atoms with Gasteiger partial charge in [0.1, 0.15) is 0 Å². The van der Waals surface area contributed by atoms with Crippen molar-refractivity contribution < 1.29 is 31.8 Å². The van der Waals surface area contributed by atoms with Gasteiger partial charge in [-0.05, 0) is 20.8 Å². The molecule has 0 fully saturated rings. The van der Waals surface area contributed by atoms with Crippen LogP contribution in [0.5, 0.6) is 0 Å². The second-order valence-electron chi connectivity index (χ2n) is 3.00. The minimum atomic E-state index is -5.04. The molecule has 108 valence electrons. The van der Waals surface area contributed by atoms with Crippen LogP contribution in [0.3, 0.4) is 0 Å². The van der Waals surface area contributed by atoms with Crippen molar-refractivity contribution in [1.29, 1.82) is 0 Å². The summed E-state index contributed by atoms with van der Waals surface area (Å²) in [7, 11) is 0. The third-order valence-electron chi connectivity index (χ3n) is 1.80. The van der Waals surface area contributed by atoms with Crippen LogP contribution in [-0.4, -0.2) is 31.8 Å². The lowest BCUT2D eigenvalue weighted by molar-refractivity contribution is -0.358. The minimum Gasteiger partial charge on any atom is -0.470 e. The van der Waals surface area contributed by atoms with E-state index in [0.29, 0.717) is 0 Å². The Balaban J connectivity index is 5.62. The summed E-state index contributed by atoms with van der Waals surface area (Å²) in [5.41, 5.74) is 0. The average molecular weight is 295 g/mol. The highest BCUT2D eigenvalue weighted by Crippen LogP contribution is 2.43. The quantitative estimate of drug-likeness (QED) is 0.407. The molecule has 0 radical (unpaired) electrons. The van der Waals surface area contributed by atoms with E-state index in [0.717, 1.165) is 0 Å². The molecule has 0 aromatic carbocycles. The summed E-state index contributed by atoms with van der Waals surface area (Å²) in [5.74, 6) is -3.34. The Morgan fingerprint density at radius 2 is 1.44 bits per heavy atom. The second-order valence-corrected chi connectivity index (χ2v) is 3.38. The van der Waals surface area contributed by atoms with Gasteiger partial charge in [-0.25, -0.2) is 0 Å². The van der Waals surface area contributed by atoms with Gasteiger partial charge in [-0.2, -0.15) is 17.6 Å². The average Bonchev–Trinajstić information content (AvgIpc) is 2.26. The van der Waals surface area contributed by atoms with Gasteiger partial charge in [-0.3, -0.25) is 0 Å². The van der Waals surface area contributed by atoms with Gasteiger partial charge < -0.3 is 14.2 Å². The number of hydrogen-bond acceptors (Lipinski definition) is 3. The van der Waals surface area contributed by atoms with Gasteiger partial charge in [-0.1, -0.05) is 11.6 Å². The fraction of sp³-hybridized carbons (Fsp3) is 0.800. The smallest absolute Gasteiger partial charge is 0.449 e. The molecule has 0 bridgehead atoms. The summed E-state index contributed by atoms with van der Waals surface area (Å²) in [6.07, 6.45) is -5.04. The number of hydrogen-bond donors (Lipinski definition) is 0. The Kier molecular flexibility index (Phi) is 6.94. The zero-order valence-electron chi connectivity index (χ0n) is 10.2. The summed E-state index contributed by atoms with van der Waals surface area (Å²) in [4.78, 5) is 0. The van der Waals surface area contributed by atoms with Crippen molar-refractivity contribution in [3.63, 3.8) is 0 Å². The van der Waals surface area contributed by atoms with Gasteiger partial charge in [0, 0.05) is 13.2 Å². The second kappa shape index (κ2) is 7.16. The molecule has 0 aromatic heterocycles. The van der Waals surface area contributed by atoms with Crippen molar-refractivity contribution in [2.24, 2.45) is 0 Å². The van der Waals surface area contributed by atoms with E-state index in [1.807, 2.05) is 0 Å². The lowest BCUT2D eigenvalue weighted by Gasteiger charge is -2.33. The van der Waals surface area contributed by atoms with E-state index in [-0.39, 0.29) is 19.8 Å². The van der Waals surface area contributed by atoms with Crippen LogP contribution in [-0.2, 0) is 14.2 Å². The van der Waals surface area contributed by atoms with Crippen LogP contribution in [0.4, 0.5) is 17.6 Å². The molecule has 0 amide bonds. The molecule has 18 heavy (non-hydrogen) atoms. The van der Waals surface area contributed by atoms with Crippen molar-refractivity contribution in [3.8, 4) is 0 Å². The summed E-state index contributed by atoms with van der Waals surface area (Å²) >= 11 is 5.38. The Labute approximate surface area is 108 Å². The SMILES string of the molecule is CCO/C(F)=C(\Cl)C(OCC)(OCC)C(F)(F)F. The maximum atomic E-state index is 13.3. The molecule has 0 saturated carbocycles. The number of ether oxygens (including phenoxy) is 3. The van der Waals surface area contributed by atoms with Crippen molar-refractivity contribution in [2.75, 3.05) is 19.8 Å². The van der Waals surface area contributed by atoms with Crippen LogP contribution in [0.15, 0.2) is 11.0 Å². The van der Waals surface area contributed by atoms with Gasteiger partial charge >= 0.3 is 12.0 Å². The first kappa shape index (κ1) is 17.5. The fourth-order valence-corrected chi connectivity index (χ4v) is 1.45. The topological polar surface area (TPSA) is 27.7 Å². The Morgan fingerprint density at radius 3 is 1.72 bits per heavy atom. The molecule has 0 heterocycles. The van der Waals surface area contributed by atoms with Gasteiger partial charge in [-0.15, -0.1) is 0 Å². The van der Waals surface area contributed by atoms with Gasteiger partial charge in [0.15, 0.2) is 5.03 Å². The predicted octanol–water partition coefficient (Wildman–Crippen LogP) is 3.73. The predicted molar refractivity (Wildman–Crippen MR) is 57.7 cm³/mol. The highest BCUT2D eigenvalue weighted by atomic mass is 35.5. The van der Waals surface area contributed by atoms with Crippen LogP contribution in [0.1, 0.15) is 20.8 Å². The normalized spacial score (nSPS) is 14.4. The van der Waals surface area contributed by atoms with Crippen LogP contribution >= 0.6 is 11.6 Å². The maximum absolute atomic E-state index is 13.3. The third-order valence-corrected chi connectivity index (χ3v) is 2.20. The largest absolute Gasteiger partial charge is 0.470 e. The first-order valence-corrected chi connectivity index (χ1v) is 5.67. The molecule has 0 saturated heterocycles. The maximum Gasteiger partial charge on any atom is 0.449 e. The molecule has 3 nitrogen and oxygen atoms in total. The molecule has 0 aliphatic carbocycles. The van der Waals surface area contributed by atoms with E-state index >= 15 is 0 Å². The lowest BCUT2D eigenvalue weighted by Crippen LogP contribution is -2.51. The van der Waals surface area contributed by atoms with Gasteiger partial charge in [0.05, 0.1) is 6.61 Å². The number of halogens is 5. The molecule has 0 N–H and O–H groups in total. The van der Waals surface area contributed by atoms with E-state index < -0.39 is 23.0 Å². The number of rotatable bonds is 7. The molecule has 0 spiro atoms. The third kappa shape index (κ3) is 3.73. The van der Waals surface area contributed by atoms with E-state index in [1.165, 1.54) is 20.8 Å². The van der Waals surface area contributed by atoms with Crippen molar-refractivity contribution in [2.45, 2.75) is 32.7 Å². The Hall–Kier alpha value is -0.530. The van der Waals surface area contributed by atoms with E-state index in [1.54, 1.807) is 0 Å². The monoisotopic (exact) mass is 294 g/mol. The lowest BCUT2D eigenvalue weighted by atomic mass is 10.2. The molecular weight excluding hydrogens is 280 g/mol. The molecule has 0 atom stereocenters. The van der Waals surface area contributed by atoms with Crippen molar-refractivity contribution in [3.05, 3.63) is 11.0 Å². The molecule has 0 rings (SSSR count). The standard InChI is InChI=1S/C10H15ClF4O3/c1-4-16-8(12)7(11)9(17-5-2,18-6-3)10(13,14)15/h4-6H2,1-3H3/b8-7-. The molecule has 0 aliphatic heterocycles. The zero-order chi connectivity index (χ0) is 14.4. The van der Waals surface area contributed by atoms with Crippen molar-refractivity contribution in [1.82, 2.24) is 0 Å². The van der Waals surface area contributed by atoms with E-state index in [9.17, 15) is 17.6 Å².